The second kappa shape index (κ2) is 3.59. The molecule has 0 radical (unpaired) electrons. The summed E-state index contributed by atoms with van der Waals surface area (Å²) < 4.78 is 0. The molecule has 2 aliphatic rings. The number of carboxylic acid groups (broad SMARTS) is 1. The molecule has 3 N–H and O–H groups in total. The lowest BCUT2D eigenvalue weighted by Crippen LogP contribution is -2.39. The summed E-state index contributed by atoms with van der Waals surface area (Å²) in [6, 6.07) is 0. The van der Waals surface area contributed by atoms with Crippen LogP contribution in [0.15, 0.2) is 5.10 Å². The molecule has 2 atom stereocenters. The van der Waals surface area contributed by atoms with Crippen molar-refractivity contribution in [1.82, 2.24) is 0 Å². The maximum absolute atomic E-state index is 10.9. The highest BCUT2D eigenvalue weighted by atomic mass is 16.4. The zero-order valence-corrected chi connectivity index (χ0v) is 8.15. The molecule has 2 saturated carbocycles. The minimum atomic E-state index is -0.655. The van der Waals surface area contributed by atoms with E-state index in [4.69, 9.17) is 10.9 Å². The average molecular weight is 196 g/mol. The van der Waals surface area contributed by atoms with Gasteiger partial charge in [0.05, 0.1) is 5.92 Å². The number of hydrogen-bond acceptors (Lipinski definition) is 3. The molecule has 14 heavy (non-hydrogen) atoms. The van der Waals surface area contributed by atoms with Gasteiger partial charge in [-0.2, -0.15) is 5.10 Å². The first-order valence-electron chi connectivity index (χ1n) is 5.23. The topological polar surface area (TPSA) is 75.7 Å². The summed E-state index contributed by atoms with van der Waals surface area (Å²) in [5, 5.41) is 12.8. The van der Waals surface area contributed by atoms with Crippen LogP contribution in [0.5, 0.6) is 0 Å². The van der Waals surface area contributed by atoms with Gasteiger partial charge in [0, 0.05) is 17.5 Å². The number of carbonyl (C=O) groups is 1. The molecule has 0 amide bonds. The van der Waals surface area contributed by atoms with Crippen molar-refractivity contribution in [2.24, 2.45) is 28.7 Å². The summed E-state index contributed by atoms with van der Waals surface area (Å²) in [7, 11) is 0. The van der Waals surface area contributed by atoms with Crippen LogP contribution in [0, 0.1) is 17.8 Å². The van der Waals surface area contributed by atoms with Gasteiger partial charge >= 0.3 is 5.97 Å². The van der Waals surface area contributed by atoms with Crippen molar-refractivity contribution in [1.29, 1.82) is 0 Å². The van der Waals surface area contributed by atoms with Crippen LogP contribution >= 0.6 is 0 Å². The summed E-state index contributed by atoms with van der Waals surface area (Å²) in [4.78, 5) is 10.9. The largest absolute Gasteiger partial charge is 0.481 e. The van der Waals surface area contributed by atoms with Gasteiger partial charge in [-0.1, -0.05) is 6.42 Å². The Bertz CT molecular complexity index is 259. The Balaban J connectivity index is 2.16. The van der Waals surface area contributed by atoms with Crippen LogP contribution in [0.25, 0.3) is 0 Å². The quantitative estimate of drug-likeness (QED) is 0.489. The maximum atomic E-state index is 10.9. The van der Waals surface area contributed by atoms with E-state index in [1.165, 1.54) is 6.42 Å². The van der Waals surface area contributed by atoms with Crippen molar-refractivity contribution >= 4 is 11.7 Å². The highest BCUT2D eigenvalue weighted by Gasteiger charge is 2.39. The zero-order valence-electron chi connectivity index (χ0n) is 8.15. The second-order valence-corrected chi connectivity index (χ2v) is 4.39. The molecule has 0 spiro atoms. The van der Waals surface area contributed by atoms with E-state index < -0.39 is 5.97 Å². The number of rotatable bonds is 1. The zero-order chi connectivity index (χ0) is 10.1. The third-order valence-electron chi connectivity index (χ3n) is 3.58. The van der Waals surface area contributed by atoms with Gasteiger partial charge in [-0.25, -0.2) is 0 Å². The minimum absolute atomic E-state index is 0.171. The molecular weight excluding hydrogens is 180 g/mol. The highest BCUT2D eigenvalue weighted by Crippen LogP contribution is 2.40. The van der Waals surface area contributed by atoms with Crippen LogP contribution in [-0.4, -0.2) is 16.8 Å². The first-order valence-corrected chi connectivity index (χ1v) is 5.23. The second-order valence-electron chi connectivity index (χ2n) is 4.39. The van der Waals surface area contributed by atoms with E-state index in [0.29, 0.717) is 11.8 Å². The van der Waals surface area contributed by atoms with Gasteiger partial charge in [0.2, 0.25) is 0 Å². The smallest absolute Gasteiger partial charge is 0.306 e. The standard InChI is InChI=1S/C10H16N2O2/c11-12-9-6-2-1-3-7(9)5-8(4-6)10(13)14/h6-8H,1-5,11H2,(H,13,14). The van der Waals surface area contributed by atoms with Crippen LogP contribution in [0.3, 0.4) is 0 Å². The lowest BCUT2D eigenvalue weighted by molar-refractivity contribution is -0.143. The minimum Gasteiger partial charge on any atom is -0.481 e. The van der Waals surface area contributed by atoms with Gasteiger partial charge in [-0.3, -0.25) is 4.79 Å². The normalized spacial score (nSPS) is 36.6. The molecule has 2 unspecified atom stereocenters. The van der Waals surface area contributed by atoms with Crippen LogP contribution in [-0.2, 0) is 4.79 Å². The van der Waals surface area contributed by atoms with E-state index in [0.717, 1.165) is 31.4 Å². The molecule has 2 rings (SSSR count). The first kappa shape index (κ1) is 9.49. The fraction of sp³-hybridized carbons (Fsp3) is 0.800. The summed E-state index contributed by atoms with van der Waals surface area (Å²) in [6.07, 6.45) is 4.80. The van der Waals surface area contributed by atoms with E-state index in [9.17, 15) is 4.79 Å². The molecule has 2 aliphatic carbocycles. The van der Waals surface area contributed by atoms with E-state index in [-0.39, 0.29) is 5.92 Å². The number of fused-ring (bicyclic) bond motifs is 2. The Hall–Kier alpha value is -1.06. The molecule has 2 fully saturated rings. The summed E-state index contributed by atoms with van der Waals surface area (Å²) in [5.41, 5.74) is 1.08. The van der Waals surface area contributed by atoms with Crippen LogP contribution in [0.2, 0.25) is 0 Å². The Labute approximate surface area is 83.2 Å². The van der Waals surface area contributed by atoms with Crippen molar-refractivity contribution in [2.75, 3.05) is 0 Å². The summed E-state index contributed by atoms with van der Waals surface area (Å²) in [5.74, 6) is 5.21. The highest BCUT2D eigenvalue weighted by molar-refractivity contribution is 5.91. The van der Waals surface area contributed by atoms with Crippen molar-refractivity contribution < 1.29 is 9.90 Å². The number of hydrazone groups is 1. The molecular formula is C10H16N2O2. The van der Waals surface area contributed by atoms with Gasteiger partial charge in [0.1, 0.15) is 0 Å². The molecule has 78 valence electrons. The Kier molecular flexibility index (Phi) is 2.44. The first-order chi connectivity index (χ1) is 6.72. The predicted molar refractivity (Wildman–Crippen MR) is 52.8 cm³/mol. The van der Waals surface area contributed by atoms with Crippen molar-refractivity contribution in [3.63, 3.8) is 0 Å². The number of hydrogen-bond donors (Lipinski definition) is 2. The number of nitrogens with two attached hydrogens (primary N) is 1. The van der Waals surface area contributed by atoms with Gasteiger partial charge in [0.25, 0.3) is 0 Å². The van der Waals surface area contributed by atoms with E-state index in [1.807, 2.05) is 0 Å². The lowest BCUT2D eigenvalue weighted by atomic mass is 9.66. The predicted octanol–water partition coefficient (Wildman–Crippen LogP) is 1.21. The summed E-state index contributed by atoms with van der Waals surface area (Å²) in [6.45, 7) is 0. The summed E-state index contributed by atoms with van der Waals surface area (Å²) >= 11 is 0. The van der Waals surface area contributed by atoms with Gasteiger partial charge in [0.15, 0.2) is 0 Å². The molecule has 4 heteroatoms. The maximum Gasteiger partial charge on any atom is 0.306 e. The monoisotopic (exact) mass is 196 g/mol. The van der Waals surface area contributed by atoms with Crippen molar-refractivity contribution in [2.45, 2.75) is 32.1 Å². The number of carboxylic acids is 1. The van der Waals surface area contributed by atoms with E-state index in [2.05, 4.69) is 5.10 Å². The number of aliphatic carboxylic acids is 1. The third-order valence-corrected chi connectivity index (χ3v) is 3.58. The van der Waals surface area contributed by atoms with Crippen molar-refractivity contribution in [3.8, 4) is 0 Å². The Morgan fingerprint density at radius 2 is 1.93 bits per heavy atom. The van der Waals surface area contributed by atoms with Crippen LogP contribution in [0.1, 0.15) is 32.1 Å². The van der Waals surface area contributed by atoms with Crippen LogP contribution < -0.4 is 5.84 Å². The molecule has 0 aliphatic heterocycles. The lowest BCUT2D eigenvalue weighted by Gasteiger charge is -2.38. The molecule has 0 aromatic carbocycles. The van der Waals surface area contributed by atoms with Crippen LogP contribution in [0.4, 0.5) is 0 Å². The molecule has 4 nitrogen and oxygen atoms in total. The average Bonchev–Trinajstić information content (AvgIpc) is 2.15. The van der Waals surface area contributed by atoms with Crippen molar-refractivity contribution in [3.05, 3.63) is 0 Å². The molecule has 0 aromatic rings. The SMILES string of the molecule is NN=C1C2CCCC1CC(C(=O)O)C2. The Morgan fingerprint density at radius 1 is 1.36 bits per heavy atom. The van der Waals surface area contributed by atoms with E-state index in [1.54, 1.807) is 0 Å². The fourth-order valence-electron chi connectivity index (χ4n) is 2.91. The fourth-order valence-corrected chi connectivity index (χ4v) is 2.91. The molecule has 2 bridgehead atoms. The third kappa shape index (κ3) is 1.49. The van der Waals surface area contributed by atoms with E-state index >= 15 is 0 Å². The van der Waals surface area contributed by atoms with Gasteiger partial charge in [-0.05, 0) is 25.7 Å². The Morgan fingerprint density at radius 3 is 2.36 bits per heavy atom. The molecule has 0 aromatic heterocycles. The number of nitrogens with zero attached hydrogens (tertiary/aromatic N) is 1. The van der Waals surface area contributed by atoms with Gasteiger partial charge < -0.3 is 10.9 Å². The van der Waals surface area contributed by atoms with Gasteiger partial charge in [-0.15, -0.1) is 0 Å². The molecule has 0 saturated heterocycles. The molecule has 0 heterocycles.